The van der Waals surface area contributed by atoms with Crippen LogP contribution in [0.4, 0.5) is 5.69 Å². The van der Waals surface area contributed by atoms with Gasteiger partial charge in [-0.25, -0.2) is 9.78 Å². The summed E-state index contributed by atoms with van der Waals surface area (Å²) in [5.41, 5.74) is 4.77. The standard InChI is InChI=1S/C23H20N4O4S2/c1-13-16(14(2)31-26-13)12-32-22-25-17-8-7-15(11-20(17)33-22)24-21(28)9-10-27-18-5-3-4-6-19(18)30-23(27)29/h3-8,11H,9-10,12H2,1-2H3,(H,24,28). The lowest BCUT2D eigenvalue weighted by atomic mass is 10.2. The molecule has 2 aromatic carbocycles. The first-order valence-electron chi connectivity index (χ1n) is 10.3. The average molecular weight is 481 g/mol. The molecule has 0 spiro atoms. The maximum atomic E-state index is 12.5. The number of oxazole rings is 1. The Morgan fingerprint density at radius 1 is 1.21 bits per heavy atom. The van der Waals surface area contributed by atoms with Crippen molar-refractivity contribution in [2.24, 2.45) is 0 Å². The first kappa shape index (κ1) is 21.5. The van der Waals surface area contributed by atoms with Crippen molar-refractivity contribution >= 4 is 56.0 Å². The van der Waals surface area contributed by atoms with Gasteiger partial charge in [-0.2, -0.15) is 0 Å². The van der Waals surface area contributed by atoms with Gasteiger partial charge in [-0.3, -0.25) is 9.36 Å². The summed E-state index contributed by atoms with van der Waals surface area (Å²) in [5.74, 6) is 0.935. The molecule has 0 fully saturated rings. The highest BCUT2D eigenvalue weighted by Gasteiger charge is 2.13. The Hall–Kier alpha value is -3.37. The fourth-order valence-electron chi connectivity index (χ4n) is 3.55. The normalized spacial score (nSPS) is 11.5. The van der Waals surface area contributed by atoms with E-state index in [0.29, 0.717) is 16.8 Å². The van der Waals surface area contributed by atoms with Crippen molar-refractivity contribution in [2.45, 2.75) is 36.9 Å². The quantitative estimate of drug-likeness (QED) is 0.322. The summed E-state index contributed by atoms with van der Waals surface area (Å²) in [6, 6.07) is 12.8. The molecule has 0 radical (unpaired) electrons. The molecule has 0 bridgehead atoms. The maximum Gasteiger partial charge on any atom is 0.419 e. The lowest BCUT2D eigenvalue weighted by Gasteiger charge is -2.05. The summed E-state index contributed by atoms with van der Waals surface area (Å²) in [5, 5.41) is 6.90. The van der Waals surface area contributed by atoms with Crippen LogP contribution in [-0.4, -0.2) is 20.6 Å². The van der Waals surface area contributed by atoms with Crippen molar-refractivity contribution in [2.75, 3.05) is 5.32 Å². The number of thiazole rings is 1. The predicted octanol–water partition coefficient (Wildman–Crippen LogP) is 5.13. The number of carbonyl (C=O) groups is 1. The molecule has 5 aromatic rings. The topological polar surface area (TPSA) is 103 Å². The fraction of sp³-hybridized carbons (Fsp3) is 0.217. The Labute approximate surface area is 196 Å². The Bertz CT molecular complexity index is 1510. The zero-order valence-corrected chi connectivity index (χ0v) is 19.6. The van der Waals surface area contributed by atoms with E-state index < -0.39 is 5.76 Å². The van der Waals surface area contributed by atoms with Crippen molar-refractivity contribution in [3.8, 4) is 0 Å². The molecule has 33 heavy (non-hydrogen) atoms. The van der Waals surface area contributed by atoms with Crippen LogP contribution in [0.25, 0.3) is 21.3 Å². The van der Waals surface area contributed by atoms with Gasteiger partial charge < -0.3 is 14.3 Å². The number of fused-ring (bicyclic) bond motifs is 2. The SMILES string of the molecule is Cc1noc(C)c1CSc1nc2ccc(NC(=O)CCn3c(=O)oc4ccccc43)cc2s1. The zero-order valence-electron chi connectivity index (χ0n) is 18.0. The third-order valence-corrected chi connectivity index (χ3v) is 7.50. The predicted molar refractivity (Wildman–Crippen MR) is 129 cm³/mol. The third-order valence-electron chi connectivity index (χ3n) is 5.31. The van der Waals surface area contributed by atoms with E-state index in [2.05, 4.69) is 15.5 Å². The van der Waals surface area contributed by atoms with Gasteiger partial charge in [-0.1, -0.05) is 29.1 Å². The van der Waals surface area contributed by atoms with E-state index in [1.54, 1.807) is 41.3 Å². The van der Waals surface area contributed by atoms with Crippen LogP contribution in [0.1, 0.15) is 23.4 Å². The molecular formula is C23H20N4O4S2. The zero-order chi connectivity index (χ0) is 22.9. The van der Waals surface area contributed by atoms with Gasteiger partial charge in [0.25, 0.3) is 0 Å². The van der Waals surface area contributed by atoms with Gasteiger partial charge in [0.1, 0.15) is 5.76 Å². The molecule has 1 amide bonds. The molecule has 168 valence electrons. The second-order valence-corrected chi connectivity index (χ2v) is 9.79. The summed E-state index contributed by atoms with van der Waals surface area (Å²) in [7, 11) is 0. The van der Waals surface area contributed by atoms with Crippen LogP contribution in [0.15, 0.2) is 60.5 Å². The lowest BCUT2D eigenvalue weighted by Crippen LogP contribution is -2.19. The highest BCUT2D eigenvalue weighted by molar-refractivity contribution is 8.00. The molecule has 5 rings (SSSR count). The minimum Gasteiger partial charge on any atom is -0.408 e. The van der Waals surface area contributed by atoms with E-state index in [1.807, 2.05) is 38.1 Å². The number of nitrogens with zero attached hydrogens (tertiary/aromatic N) is 3. The average Bonchev–Trinajstić information content (AvgIpc) is 3.45. The minimum absolute atomic E-state index is 0.155. The van der Waals surface area contributed by atoms with E-state index in [1.165, 1.54) is 4.57 Å². The van der Waals surface area contributed by atoms with Crippen LogP contribution in [0.2, 0.25) is 0 Å². The number of carbonyl (C=O) groups excluding carboxylic acids is 1. The van der Waals surface area contributed by atoms with Gasteiger partial charge in [0, 0.05) is 30.0 Å². The molecule has 3 heterocycles. The molecule has 10 heteroatoms. The molecule has 3 aromatic heterocycles. The van der Waals surface area contributed by atoms with Crippen LogP contribution < -0.4 is 11.1 Å². The first-order valence-corrected chi connectivity index (χ1v) is 12.1. The number of nitrogens with one attached hydrogen (secondary N) is 1. The third kappa shape index (κ3) is 4.44. The van der Waals surface area contributed by atoms with Gasteiger partial charge in [0.2, 0.25) is 5.91 Å². The van der Waals surface area contributed by atoms with Crippen LogP contribution in [0.5, 0.6) is 0 Å². The molecule has 8 nitrogen and oxygen atoms in total. The second kappa shape index (κ2) is 8.87. The van der Waals surface area contributed by atoms with E-state index in [-0.39, 0.29) is 18.9 Å². The number of aryl methyl sites for hydroxylation is 3. The van der Waals surface area contributed by atoms with Gasteiger partial charge in [-0.05, 0) is 44.2 Å². The van der Waals surface area contributed by atoms with E-state index in [0.717, 1.165) is 37.3 Å². The van der Waals surface area contributed by atoms with Crippen molar-refractivity contribution in [1.29, 1.82) is 0 Å². The molecule has 0 aliphatic carbocycles. The summed E-state index contributed by atoms with van der Waals surface area (Å²) in [4.78, 5) is 29.2. The molecule has 0 atom stereocenters. The van der Waals surface area contributed by atoms with Gasteiger partial charge in [0.05, 0.1) is 21.4 Å². The van der Waals surface area contributed by atoms with E-state index in [9.17, 15) is 9.59 Å². The molecule has 0 aliphatic rings. The highest BCUT2D eigenvalue weighted by Crippen LogP contribution is 2.34. The Balaban J connectivity index is 1.24. The summed E-state index contributed by atoms with van der Waals surface area (Å²) >= 11 is 3.22. The molecular weight excluding hydrogens is 460 g/mol. The number of hydrogen-bond donors (Lipinski definition) is 1. The Morgan fingerprint density at radius 3 is 2.88 bits per heavy atom. The van der Waals surface area contributed by atoms with Crippen LogP contribution >= 0.6 is 23.1 Å². The van der Waals surface area contributed by atoms with Gasteiger partial charge in [0.15, 0.2) is 9.92 Å². The number of benzene rings is 2. The highest BCUT2D eigenvalue weighted by atomic mass is 32.2. The van der Waals surface area contributed by atoms with Crippen molar-refractivity contribution in [3.63, 3.8) is 0 Å². The number of thioether (sulfide) groups is 1. The molecule has 0 saturated carbocycles. The van der Waals surface area contributed by atoms with Gasteiger partial charge >= 0.3 is 5.76 Å². The number of hydrogen-bond acceptors (Lipinski definition) is 8. The minimum atomic E-state index is -0.461. The molecule has 0 unspecified atom stereocenters. The summed E-state index contributed by atoms with van der Waals surface area (Å²) in [6.45, 7) is 4.09. The molecule has 0 saturated heterocycles. The fourth-order valence-corrected chi connectivity index (χ4v) is 5.81. The monoisotopic (exact) mass is 480 g/mol. The Morgan fingerprint density at radius 2 is 2.06 bits per heavy atom. The number of para-hydroxylation sites is 2. The Kier molecular flexibility index (Phi) is 5.77. The van der Waals surface area contributed by atoms with E-state index in [4.69, 9.17) is 8.94 Å². The largest absolute Gasteiger partial charge is 0.419 e. The van der Waals surface area contributed by atoms with Crippen LogP contribution in [-0.2, 0) is 17.1 Å². The summed E-state index contributed by atoms with van der Waals surface area (Å²) < 4.78 is 13.8. The van der Waals surface area contributed by atoms with E-state index >= 15 is 0 Å². The molecule has 1 N–H and O–H groups in total. The number of anilines is 1. The van der Waals surface area contributed by atoms with Crippen molar-refractivity contribution in [3.05, 3.63) is 70.0 Å². The maximum absolute atomic E-state index is 12.5. The summed E-state index contributed by atoms with van der Waals surface area (Å²) in [6.07, 6.45) is 0.155. The molecule has 0 aliphatic heterocycles. The number of amides is 1. The van der Waals surface area contributed by atoms with Crippen molar-refractivity contribution < 1.29 is 13.7 Å². The number of aromatic nitrogens is 3. The van der Waals surface area contributed by atoms with Gasteiger partial charge in [-0.15, -0.1) is 11.3 Å². The smallest absolute Gasteiger partial charge is 0.408 e. The second-order valence-electron chi connectivity index (χ2n) is 7.54. The van der Waals surface area contributed by atoms with Crippen molar-refractivity contribution in [1.82, 2.24) is 14.7 Å². The first-order chi connectivity index (χ1) is 16.0. The van der Waals surface area contributed by atoms with Crippen LogP contribution in [0.3, 0.4) is 0 Å². The number of rotatable bonds is 7. The van der Waals surface area contributed by atoms with Crippen LogP contribution in [0, 0.1) is 13.8 Å². The lowest BCUT2D eigenvalue weighted by molar-refractivity contribution is -0.116.